The van der Waals surface area contributed by atoms with E-state index in [4.69, 9.17) is 11.0 Å². The zero-order valence-electron chi connectivity index (χ0n) is 9.63. The van der Waals surface area contributed by atoms with E-state index in [9.17, 15) is 0 Å². The van der Waals surface area contributed by atoms with Gasteiger partial charge in [-0.25, -0.2) is 0 Å². The predicted molar refractivity (Wildman–Crippen MR) is 60.7 cm³/mol. The fourth-order valence-corrected chi connectivity index (χ4v) is 1.74. The van der Waals surface area contributed by atoms with Crippen LogP contribution in [-0.4, -0.2) is 6.04 Å². The topological polar surface area (TPSA) is 49.8 Å². The molecule has 0 amide bonds. The van der Waals surface area contributed by atoms with Gasteiger partial charge in [-0.1, -0.05) is 46.0 Å². The second kappa shape index (κ2) is 9.02. The summed E-state index contributed by atoms with van der Waals surface area (Å²) >= 11 is 0. The maximum atomic E-state index is 8.35. The Balaban J connectivity index is 0.000000364. The van der Waals surface area contributed by atoms with E-state index >= 15 is 0 Å². The van der Waals surface area contributed by atoms with E-state index in [-0.39, 0.29) is 0 Å². The van der Waals surface area contributed by atoms with Gasteiger partial charge in [-0.05, 0) is 18.4 Å². The van der Waals surface area contributed by atoms with Gasteiger partial charge in [-0.15, -0.1) is 0 Å². The third-order valence-corrected chi connectivity index (χ3v) is 2.39. The first-order valence-electron chi connectivity index (χ1n) is 5.79. The zero-order valence-corrected chi connectivity index (χ0v) is 9.63. The Labute approximate surface area is 88.5 Å². The van der Waals surface area contributed by atoms with Crippen LogP contribution in [0.15, 0.2) is 0 Å². The second-order valence-electron chi connectivity index (χ2n) is 4.44. The van der Waals surface area contributed by atoms with Gasteiger partial charge in [0, 0.05) is 6.42 Å². The standard InChI is InChI=1S/C9H15N.C3H9N/c10-8-4-7-9-5-2-1-3-6-9;1-3(2)4/h9H,1-7H2;3H,4H2,1-2H3. The maximum Gasteiger partial charge on any atom is 0.0621 e. The van der Waals surface area contributed by atoms with Crippen LogP contribution in [0.4, 0.5) is 0 Å². The molecule has 0 saturated heterocycles. The van der Waals surface area contributed by atoms with E-state index < -0.39 is 0 Å². The minimum atomic E-state index is 0.333. The smallest absolute Gasteiger partial charge is 0.0621 e. The summed E-state index contributed by atoms with van der Waals surface area (Å²) in [6, 6.07) is 2.55. The first-order chi connectivity index (χ1) is 6.66. The minimum Gasteiger partial charge on any atom is -0.328 e. The van der Waals surface area contributed by atoms with Gasteiger partial charge in [0.1, 0.15) is 0 Å². The number of rotatable bonds is 2. The van der Waals surface area contributed by atoms with Crippen molar-refractivity contribution in [1.82, 2.24) is 0 Å². The molecular weight excluding hydrogens is 172 g/mol. The Bertz CT molecular complexity index is 149. The molecule has 14 heavy (non-hydrogen) atoms. The molecular formula is C12H24N2. The third kappa shape index (κ3) is 9.54. The van der Waals surface area contributed by atoms with E-state index in [0.717, 1.165) is 18.8 Å². The summed E-state index contributed by atoms with van der Waals surface area (Å²) in [5.41, 5.74) is 5.11. The number of hydrogen-bond acceptors (Lipinski definition) is 2. The predicted octanol–water partition coefficient (Wildman–Crippen LogP) is 3.22. The molecule has 2 N–H and O–H groups in total. The van der Waals surface area contributed by atoms with Gasteiger partial charge in [0.2, 0.25) is 0 Å². The van der Waals surface area contributed by atoms with Crippen molar-refractivity contribution < 1.29 is 0 Å². The molecule has 0 heterocycles. The van der Waals surface area contributed by atoms with Crippen LogP contribution in [0.1, 0.15) is 58.8 Å². The normalized spacial score (nSPS) is 17.1. The molecule has 0 unspecified atom stereocenters. The van der Waals surface area contributed by atoms with Gasteiger partial charge >= 0.3 is 0 Å². The molecule has 0 aliphatic heterocycles. The van der Waals surface area contributed by atoms with E-state index in [0.29, 0.717) is 6.04 Å². The van der Waals surface area contributed by atoms with Crippen molar-refractivity contribution in [1.29, 1.82) is 5.26 Å². The lowest BCUT2D eigenvalue weighted by Gasteiger charge is -2.19. The Morgan fingerprint density at radius 1 is 1.29 bits per heavy atom. The van der Waals surface area contributed by atoms with Crippen molar-refractivity contribution in [3.63, 3.8) is 0 Å². The summed E-state index contributed by atoms with van der Waals surface area (Å²) in [4.78, 5) is 0. The van der Waals surface area contributed by atoms with Crippen LogP contribution in [0.25, 0.3) is 0 Å². The third-order valence-electron chi connectivity index (χ3n) is 2.39. The van der Waals surface area contributed by atoms with Crippen molar-refractivity contribution in [2.24, 2.45) is 11.7 Å². The molecule has 0 aromatic heterocycles. The van der Waals surface area contributed by atoms with Crippen molar-refractivity contribution in [2.45, 2.75) is 64.8 Å². The van der Waals surface area contributed by atoms with Crippen LogP contribution < -0.4 is 5.73 Å². The van der Waals surface area contributed by atoms with Crippen molar-refractivity contribution in [3.8, 4) is 6.07 Å². The summed E-state index contributed by atoms with van der Waals surface area (Å²) in [5.74, 6) is 0.883. The lowest BCUT2D eigenvalue weighted by molar-refractivity contribution is 0.342. The molecule has 0 bridgehead atoms. The fraction of sp³-hybridized carbons (Fsp3) is 0.917. The first kappa shape index (κ1) is 13.4. The van der Waals surface area contributed by atoms with Crippen molar-refractivity contribution in [2.75, 3.05) is 0 Å². The molecule has 1 fully saturated rings. The van der Waals surface area contributed by atoms with Crippen LogP contribution in [0.2, 0.25) is 0 Å². The van der Waals surface area contributed by atoms with Gasteiger partial charge in [0.15, 0.2) is 0 Å². The summed E-state index contributed by atoms with van der Waals surface area (Å²) in [6.45, 7) is 3.89. The summed E-state index contributed by atoms with van der Waals surface area (Å²) in [5, 5.41) is 8.35. The number of nitrogens with zero attached hydrogens (tertiary/aromatic N) is 1. The summed E-state index contributed by atoms with van der Waals surface area (Å²) in [6.07, 6.45) is 8.89. The monoisotopic (exact) mass is 196 g/mol. The van der Waals surface area contributed by atoms with Crippen molar-refractivity contribution in [3.05, 3.63) is 0 Å². The number of nitrogens with two attached hydrogens (primary N) is 1. The molecule has 82 valence electrons. The molecule has 0 aromatic rings. The molecule has 0 aromatic carbocycles. The molecule has 1 aliphatic rings. The van der Waals surface area contributed by atoms with Gasteiger partial charge in [0.25, 0.3) is 0 Å². The van der Waals surface area contributed by atoms with Crippen molar-refractivity contribution >= 4 is 0 Å². The van der Waals surface area contributed by atoms with Crippen LogP contribution in [0, 0.1) is 17.2 Å². The van der Waals surface area contributed by atoms with E-state index in [1.807, 2.05) is 13.8 Å². The highest BCUT2D eigenvalue weighted by molar-refractivity contribution is 4.74. The Kier molecular flexibility index (Phi) is 8.67. The molecule has 2 nitrogen and oxygen atoms in total. The quantitative estimate of drug-likeness (QED) is 0.737. The van der Waals surface area contributed by atoms with Crippen LogP contribution in [-0.2, 0) is 0 Å². The number of nitriles is 1. The molecule has 2 heteroatoms. The lowest BCUT2D eigenvalue weighted by atomic mass is 9.86. The molecule has 1 rings (SSSR count). The summed E-state index contributed by atoms with van der Waals surface area (Å²) < 4.78 is 0. The average Bonchev–Trinajstić information content (AvgIpc) is 2.15. The van der Waals surface area contributed by atoms with Gasteiger partial charge < -0.3 is 5.73 Å². The molecule has 0 radical (unpaired) electrons. The maximum absolute atomic E-state index is 8.35. The summed E-state index contributed by atoms with van der Waals surface area (Å²) in [7, 11) is 0. The van der Waals surface area contributed by atoms with Crippen LogP contribution in [0.3, 0.4) is 0 Å². The Hall–Kier alpha value is -0.550. The molecule has 0 atom stereocenters. The van der Waals surface area contributed by atoms with Gasteiger partial charge in [-0.2, -0.15) is 5.26 Å². The zero-order chi connectivity index (χ0) is 10.8. The SMILES string of the molecule is CC(C)N.N#CCCC1CCCCC1. The van der Waals surface area contributed by atoms with E-state index in [1.165, 1.54) is 32.1 Å². The molecule has 1 saturated carbocycles. The minimum absolute atomic E-state index is 0.333. The lowest BCUT2D eigenvalue weighted by Crippen LogP contribution is -2.06. The Morgan fingerprint density at radius 3 is 2.21 bits per heavy atom. The highest BCUT2D eigenvalue weighted by atomic mass is 14.6. The molecule has 1 aliphatic carbocycles. The molecule has 0 spiro atoms. The van der Waals surface area contributed by atoms with Crippen LogP contribution in [0.5, 0.6) is 0 Å². The van der Waals surface area contributed by atoms with E-state index in [1.54, 1.807) is 0 Å². The van der Waals surface area contributed by atoms with E-state index in [2.05, 4.69) is 6.07 Å². The highest BCUT2D eigenvalue weighted by Gasteiger charge is 2.11. The van der Waals surface area contributed by atoms with Crippen LogP contribution >= 0.6 is 0 Å². The first-order valence-corrected chi connectivity index (χ1v) is 5.79. The average molecular weight is 196 g/mol. The van der Waals surface area contributed by atoms with Gasteiger partial charge in [0.05, 0.1) is 6.07 Å². The highest BCUT2D eigenvalue weighted by Crippen LogP contribution is 2.26. The fourth-order valence-electron chi connectivity index (χ4n) is 1.74. The Morgan fingerprint density at radius 2 is 1.79 bits per heavy atom. The second-order valence-corrected chi connectivity index (χ2v) is 4.44. The number of hydrogen-bond donors (Lipinski definition) is 1. The van der Waals surface area contributed by atoms with Gasteiger partial charge in [-0.3, -0.25) is 0 Å². The largest absolute Gasteiger partial charge is 0.328 e.